The van der Waals surface area contributed by atoms with Gasteiger partial charge in [0.1, 0.15) is 0 Å². The zero-order valence-corrected chi connectivity index (χ0v) is 11.8. The van der Waals surface area contributed by atoms with Crippen LogP contribution in [0.4, 0.5) is 0 Å². The van der Waals surface area contributed by atoms with Crippen LogP contribution in [0.15, 0.2) is 24.5 Å². The third-order valence-corrected chi connectivity index (χ3v) is 4.76. The van der Waals surface area contributed by atoms with Crippen LogP contribution in [0.3, 0.4) is 0 Å². The van der Waals surface area contributed by atoms with Gasteiger partial charge in [0.05, 0.1) is 35.1 Å². The van der Waals surface area contributed by atoms with Crippen LogP contribution in [0, 0.1) is 5.92 Å². The van der Waals surface area contributed by atoms with Gasteiger partial charge in [0, 0.05) is 6.61 Å². The molecule has 2 heterocycles. The third kappa shape index (κ3) is 2.12. The molecule has 21 heavy (non-hydrogen) atoms. The summed E-state index contributed by atoms with van der Waals surface area (Å²) in [6.45, 7) is 1.61. The first-order chi connectivity index (χ1) is 10.2. The SMILES string of the molecule is O=C(O)c1ccc2ncn(CC3(C4CC4)CCCO3)c2c1. The Morgan fingerprint density at radius 3 is 3.00 bits per heavy atom. The molecule has 1 N–H and O–H groups in total. The Morgan fingerprint density at radius 1 is 1.48 bits per heavy atom. The lowest BCUT2D eigenvalue weighted by molar-refractivity contribution is -0.0273. The second-order valence-electron chi connectivity index (χ2n) is 6.17. The minimum atomic E-state index is -0.904. The second kappa shape index (κ2) is 4.56. The summed E-state index contributed by atoms with van der Waals surface area (Å²) < 4.78 is 8.16. The summed E-state index contributed by atoms with van der Waals surface area (Å²) in [7, 11) is 0. The largest absolute Gasteiger partial charge is 0.478 e. The second-order valence-corrected chi connectivity index (χ2v) is 6.17. The average Bonchev–Trinajstić information content (AvgIpc) is 3.13. The molecule has 1 aliphatic carbocycles. The van der Waals surface area contributed by atoms with Crippen LogP contribution in [-0.4, -0.2) is 32.8 Å². The Morgan fingerprint density at radius 2 is 2.33 bits per heavy atom. The fraction of sp³-hybridized carbons (Fsp3) is 0.500. The van der Waals surface area contributed by atoms with Crippen molar-refractivity contribution in [2.24, 2.45) is 5.92 Å². The number of carboxylic acid groups (broad SMARTS) is 1. The van der Waals surface area contributed by atoms with Gasteiger partial charge in [0.25, 0.3) is 0 Å². The number of fused-ring (bicyclic) bond motifs is 1. The van der Waals surface area contributed by atoms with Crippen molar-refractivity contribution in [2.75, 3.05) is 6.61 Å². The number of nitrogens with zero attached hydrogens (tertiary/aromatic N) is 2. The monoisotopic (exact) mass is 286 g/mol. The van der Waals surface area contributed by atoms with E-state index in [-0.39, 0.29) is 5.60 Å². The molecule has 1 atom stereocenters. The van der Waals surface area contributed by atoms with Gasteiger partial charge in [-0.05, 0) is 49.8 Å². The summed E-state index contributed by atoms with van der Waals surface area (Å²) in [5, 5.41) is 9.15. The predicted molar refractivity (Wildman–Crippen MR) is 77.3 cm³/mol. The lowest BCUT2D eigenvalue weighted by Crippen LogP contribution is -2.35. The van der Waals surface area contributed by atoms with Gasteiger partial charge < -0.3 is 14.4 Å². The molecule has 0 amide bonds. The predicted octanol–water partition coefficient (Wildman–Crippen LogP) is 2.69. The smallest absolute Gasteiger partial charge is 0.335 e. The topological polar surface area (TPSA) is 64.3 Å². The third-order valence-electron chi connectivity index (χ3n) is 4.76. The highest BCUT2D eigenvalue weighted by molar-refractivity contribution is 5.92. The lowest BCUT2D eigenvalue weighted by atomic mass is 9.94. The first-order valence-corrected chi connectivity index (χ1v) is 7.50. The van der Waals surface area contributed by atoms with Gasteiger partial charge in [0.2, 0.25) is 0 Å². The van der Waals surface area contributed by atoms with E-state index in [9.17, 15) is 4.79 Å². The molecule has 0 spiro atoms. The molecule has 5 heteroatoms. The van der Waals surface area contributed by atoms with E-state index in [4.69, 9.17) is 9.84 Å². The van der Waals surface area contributed by atoms with Gasteiger partial charge >= 0.3 is 5.97 Å². The van der Waals surface area contributed by atoms with Crippen molar-refractivity contribution in [1.82, 2.24) is 9.55 Å². The first kappa shape index (κ1) is 12.8. The number of hydrogen-bond acceptors (Lipinski definition) is 3. The van der Waals surface area contributed by atoms with Gasteiger partial charge in [-0.25, -0.2) is 9.78 Å². The van der Waals surface area contributed by atoms with Crippen molar-refractivity contribution in [3.8, 4) is 0 Å². The van der Waals surface area contributed by atoms with Crippen molar-refractivity contribution in [3.63, 3.8) is 0 Å². The van der Waals surface area contributed by atoms with E-state index in [2.05, 4.69) is 9.55 Å². The zero-order valence-electron chi connectivity index (χ0n) is 11.8. The molecule has 2 fully saturated rings. The number of carboxylic acids is 1. The maximum Gasteiger partial charge on any atom is 0.335 e. The summed E-state index contributed by atoms with van der Waals surface area (Å²) in [5.74, 6) is -0.251. The molecule has 1 unspecified atom stereocenters. The van der Waals surface area contributed by atoms with Crippen LogP contribution >= 0.6 is 0 Å². The fourth-order valence-corrected chi connectivity index (χ4v) is 3.51. The minimum Gasteiger partial charge on any atom is -0.478 e. The average molecular weight is 286 g/mol. The highest BCUT2D eigenvalue weighted by Crippen LogP contribution is 2.48. The van der Waals surface area contributed by atoms with E-state index in [1.165, 1.54) is 12.8 Å². The van der Waals surface area contributed by atoms with Crippen LogP contribution in [0.5, 0.6) is 0 Å². The summed E-state index contributed by atoms with van der Waals surface area (Å²) in [5.41, 5.74) is 1.96. The molecule has 1 aromatic heterocycles. The Balaban J connectivity index is 1.72. The number of aromatic nitrogens is 2. The molecule has 1 aliphatic heterocycles. The lowest BCUT2D eigenvalue weighted by Gasteiger charge is -2.29. The highest BCUT2D eigenvalue weighted by atomic mass is 16.5. The Labute approximate surface area is 122 Å². The summed E-state index contributed by atoms with van der Waals surface area (Å²) in [6.07, 6.45) is 6.50. The van der Waals surface area contributed by atoms with Gasteiger partial charge in [0.15, 0.2) is 0 Å². The summed E-state index contributed by atoms with van der Waals surface area (Å²) >= 11 is 0. The maximum absolute atomic E-state index is 11.1. The Bertz CT molecular complexity index is 697. The van der Waals surface area contributed by atoms with Crippen molar-refractivity contribution in [2.45, 2.75) is 37.8 Å². The number of rotatable bonds is 4. The number of benzene rings is 1. The minimum absolute atomic E-state index is 0.0626. The molecular formula is C16H18N2O3. The number of hydrogen-bond donors (Lipinski definition) is 1. The number of ether oxygens (including phenoxy) is 1. The van der Waals surface area contributed by atoms with Crippen LogP contribution < -0.4 is 0 Å². The summed E-state index contributed by atoms with van der Waals surface area (Å²) in [6, 6.07) is 5.08. The Kier molecular flexibility index (Phi) is 2.79. The molecule has 1 saturated heterocycles. The summed E-state index contributed by atoms with van der Waals surface area (Å²) in [4.78, 5) is 15.5. The first-order valence-electron chi connectivity index (χ1n) is 7.50. The highest BCUT2D eigenvalue weighted by Gasteiger charge is 2.48. The van der Waals surface area contributed by atoms with E-state index in [0.717, 1.165) is 37.0 Å². The molecule has 1 aromatic carbocycles. The number of carbonyl (C=O) groups is 1. The molecule has 2 aromatic rings. The van der Waals surface area contributed by atoms with E-state index < -0.39 is 5.97 Å². The van der Waals surface area contributed by atoms with Gasteiger partial charge in [-0.1, -0.05) is 0 Å². The fourth-order valence-electron chi connectivity index (χ4n) is 3.51. The maximum atomic E-state index is 11.1. The number of imidazole rings is 1. The van der Waals surface area contributed by atoms with E-state index in [1.54, 1.807) is 18.2 Å². The van der Waals surface area contributed by atoms with Crippen molar-refractivity contribution in [3.05, 3.63) is 30.1 Å². The molecule has 1 saturated carbocycles. The van der Waals surface area contributed by atoms with Crippen LogP contribution in [0.25, 0.3) is 11.0 Å². The number of aromatic carboxylic acids is 1. The van der Waals surface area contributed by atoms with E-state index >= 15 is 0 Å². The van der Waals surface area contributed by atoms with E-state index in [1.807, 2.05) is 6.33 Å². The van der Waals surface area contributed by atoms with Crippen LogP contribution in [0.1, 0.15) is 36.0 Å². The van der Waals surface area contributed by atoms with Gasteiger partial charge in [-0.2, -0.15) is 0 Å². The quantitative estimate of drug-likeness (QED) is 0.938. The standard InChI is InChI=1S/C16H18N2O3/c19-15(20)11-2-5-13-14(8-11)18(10-17-13)9-16(12-3-4-12)6-1-7-21-16/h2,5,8,10,12H,1,3-4,6-7,9H2,(H,19,20). The molecule has 0 bridgehead atoms. The molecule has 0 radical (unpaired) electrons. The molecular weight excluding hydrogens is 268 g/mol. The van der Waals surface area contributed by atoms with Crippen molar-refractivity contribution in [1.29, 1.82) is 0 Å². The van der Waals surface area contributed by atoms with Crippen molar-refractivity contribution >= 4 is 17.0 Å². The normalized spacial score (nSPS) is 25.5. The Hall–Kier alpha value is -1.88. The van der Waals surface area contributed by atoms with Crippen LogP contribution in [0.2, 0.25) is 0 Å². The van der Waals surface area contributed by atoms with Gasteiger partial charge in [-0.3, -0.25) is 0 Å². The van der Waals surface area contributed by atoms with Crippen molar-refractivity contribution < 1.29 is 14.6 Å². The molecule has 110 valence electrons. The molecule has 4 rings (SSSR count). The van der Waals surface area contributed by atoms with E-state index in [0.29, 0.717) is 11.5 Å². The zero-order chi connectivity index (χ0) is 14.4. The molecule has 5 nitrogen and oxygen atoms in total. The van der Waals surface area contributed by atoms with Crippen LogP contribution in [-0.2, 0) is 11.3 Å². The molecule has 2 aliphatic rings. The van der Waals surface area contributed by atoms with Gasteiger partial charge in [-0.15, -0.1) is 0 Å².